The van der Waals surface area contributed by atoms with Gasteiger partial charge in [-0.1, -0.05) is 49.7 Å². The molecule has 1 fully saturated rings. The van der Waals surface area contributed by atoms with E-state index in [4.69, 9.17) is 33.7 Å². The van der Waals surface area contributed by atoms with Crippen LogP contribution in [-0.2, 0) is 16.2 Å². The Hall–Kier alpha value is -5.70. The minimum atomic E-state index is -1.44. The Labute approximate surface area is 362 Å². The largest absolute Gasteiger partial charge is 0.490 e. The number of fused-ring (bicyclic) bond motifs is 3. The van der Waals surface area contributed by atoms with Crippen molar-refractivity contribution >= 4 is 17.3 Å². The van der Waals surface area contributed by atoms with Gasteiger partial charge in [0.2, 0.25) is 12.6 Å². The lowest BCUT2D eigenvalue weighted by Gasteiger charge is -2.60. The maximum Gasteiger partial charge on any atom is 0.269 e. The standard InChI is InChI=1S/C48H57N3O11/c1-4-21-50(47(54)34-15-19-42-43(27-34)59-31-58-42)44-29-40(49-61-30-32-13-16-35(17-14-32)51(55)56)38-26-33(11-7-9-22-52)37(12-8-10-23-53)45-39-28-36(57-24-5-2)18-20-41(39)62-48(44,46(38)45)60-25-6-3/h5-6,13-20,26-28,33,37,44-46,52-53H,2-4,7-12,21-25,29-31H2,1H3/t33-,37+,44-,45+,46+,48+/m0/s1. The number of amides is 1. The second kappa shape index (κ2) is 20.4. The van der Waals surface area contributed by atoms with Crippen LogP contribution >= 0.6 is 0 Å². The molecule has 2 N–H and O–H groups in total. The topological polar surface area (TPSA) is 172 Å². The number of unbranched alkanes of at least 4 members (excludes halogenated alkanes) is 2. The number of ether oxygens (including phenoxy) is 5. The van der Waals surface area contributed by atoms with Crippen LogP contribution in [0.25, 0.3) is 0 Å². The van der Waals surface area contributed by atoms with Gasteiger partial charge in [-0.15, -0.1) is 6.58 Å². The zero-order valence-corrected chi connectivity index (χ0v) is 35.3. The highest BCUT2D eigenvalue weighted by molar-refractivity contribution is 6.03. The Morgan fingerprint density at radius 1 is 0.968 bits per heavy atom. The molecule has 330 valence electrons. The number of allylic oxidation sites excluding steroid dienone is 1. The van der Waals surface area contributed by atoms with E-state index in [1.165, 1.54) is 12.1 Å². The molecule has 1 saturated carbocycles. The summed E-state index contributed by atoms with van der Waals surface area (Å²) in [4.78, 5) is 34.0. The van der Waals surface area contributed by atoms with E-state index in [9.17, 15) is 20.3 Å². The molecule has 6 atom stereocenters. The van der Waals surface area contributed by atoms with Gasteiger partial charge in [-0.3, -0.25) is 14.9 Å². The molecule has 0 saturated heterocycles. The predicted molar refractivity (Wildman–Crippen MR) is 232 cm³/mol. The van der Waals surface area contributed by atoms with Gasteiger partial charge in [0.1, 0.15) is 30.8 Å². The summed E-state index contributed by atoms with van der Waals surface area (Å²) in [5.41, 5.74) is 3.56. The van der Waals surface area contributed by atoms with Crippen molar-refractivity contribution in [3.05, 3.63) is 124 Å². The van der Waals surface area contributed by atoms with E-state index < -0.39 is 22.7 Å². The average Bonchev–Trinajstić information content (AvgIpc) is 3.76. The molecule has 2 aliphatic carbocycles. The second-order valence-electron chi connectivity index (χ2n) is 16.1. The van der Waals surface area contributed by atoms with E-state index in [-0.39, 0.29) is 69.0 Å². The third kappa shape index (κ3) is 9.23. The summed E-state index contributed by atoms with van der Waals surface area (Å²) in [7, 11) is 0. The van der Waals surface area contributed by atoms with Gasteiger partial charge in [0.25, 0.3) is 11.6 Å². The monoisotopic (exact) mass is 851 g/mol. The molecule has 14 heteroatoms. The SMILES string of the molecule is C=CCOc1ccc2c(c1)[C@H]1[C@H](CCCCO)[C@@H](CCCCO)C=C3C(=NOCc4ccc([N+](=O)[O-])cc4)C[C@H](N(CCC)C(=O)c4ccc5c(c4)OCO5)[C@@](OCC=C)(O2)[C@H]31. The van der Waals surface area contributed by atoms with Crippen molar-refractivity contribution in [3.8, 4) is 23.0 Å². The zero-order chi connectivity index (χ0) is 43.6. The molecule has 14 nitrogen and oxygen atoms in total. The first-order valence-corrected chi connectivity index (χ1v) is 21.6. The van der Waals surface area contributed by atoms with Gasteiger partial charge >= 0.3 is 0 Å². The number of carbonyl (C=O) groups is 1. The van der Waals surface area contributed by atoms with Gasteiger partial charge in [-0.25, -0.2) is 0 Å². The number of oxime groups is 1. The molecule has 0 bridgehead atoms. The van der Waals surface area contributed by atoms with Gasteiger partial charge in [0.05, 0.1) is 23.2 Å². The molecular formula is C48H57N3O11. The van der Waals surface area contributed by atoms with Gasteiger partial charge < -0.3 is 43.6 Å². The fourth-order valence-electron chi connectivity index (χ4n) is 9.63. The van der Waals surface area contributed by atoms with Crippen molar-refractivity contribution in [1.29, 1.82) is 0 Å². The van der Waals surface area contributed by atoms with Crippen LogP contribution in [0.5, 0.6) is 23.0 Å². The highest BCUT2D eigenvalue weighted by atomic mass is 16.7. The third-order valence-corrected chi connectivity index (χ3v) is 12.3. The molecule has 2 aliphatic heterocycles. The zero-order valence-electron chi connectivity index (χ0n) is 35.3. The Morgan fingerprint density at radius 2 is 1.71 bits per heavy atom. The number of nitrogens with zero attached hydrogens (tertiary/aromatic N) is 3. The molecule has 0 aromatic heterocycles. The van der Waals surface area contributed by atoms with Gasteiger partial charge in [-0.2, -0.15) is 0 Å². The van der Waals surface area contributed by atoms with Crippen molar-refractivity contribution in [2.75, 3.05) is 39.8 Å². The Kier molecular flexibility index (Phi) is 14.6. The number of hydrogen-bond donors (Lipinski definition) is 2. The maximum atomic E-state index is 15.1. The summed E-state index contributed by atoms with van der Waals surface area (Å²) in [5, 5.41) is 36.1. The van der Waals surface area contributed by atoms with Crippen LogP contribution in [0.2, 0.25) is 0 Å². The molecule has 1 amide bonds. The third-order valence-electron chi connectivity index (χ3n) is 12.3. The van der Waals surface area contributed by atoms with Gasteiger partial charge in [-0.05, 0) is 104 Å². The van der Waals surface area contributed by atoms with Gasteiger partial charge in [0.15, 0.2) is 11.5 Å². The van der Waals surface area contributed by atoms with E-state index in [0.717, 1.165) is 36.8 Å². The van der Waals surface area contributed by atoms with E-state index in [1.807, 2.05) is 30.0 Å². The number of nitro benzene ring substituents is 1. The molecule has 0 spiro atoms. The van der Waals surface area contributed by atoms with E-state index in [1.54, 1.807) is 42.5 Å². The van der Waals surface area contributed by atoms with Crippen LogP contribution in [0.4, 0.5) is 5.69 Å². The fourth-order valence-corrected chi connectivity index (χ4v) is 9.63. The molecule has 0 unspecified atom stereocenters. The molecule has 2 heterocycles. The first kappa shape index (κ1) is 44.4. The normalized spacial score (nSPS) is 23.6. The van der Waals surface area contributed by atoms with Crippen LogP contribution in [0, 0.1) is 27.9 Å². The lowest BCUT2D eigenvalue weighted by molar-refractivity contribution is -0.384. The first-order valence-electron chi connectivity index (χ1n) is 21.6. The Balaban J connectivity index is 1.42. The number of nitro groups is 1. The van der Waals surface area contributed by atoms with Crippen molar-refractivity contribution in [2.45, 2.75) is 82.6 Å². The summed E-state index contributed by atoms with van der Waals surface area (Å²) in [6, 6.07) is 16.5. The van der Waals surface area contributed by atoms with Crippen LogP contribution in [0.1, 0.15) is 85.7 Å². The predicted octanol–water partition coefficient (Wildman–Crippen LogP) is 8.27. The van der Waals surface area contributed by atoms with Crippen LogP contribution in [-0.4, -0.2) is 83.2 Å². The van der Waals surface area contributed by atoms with Crippen LogP contribution in [0.3, 0.4) is 0 Å². The summed E-state index contributed by atoms with van der Waals surface area (Å²) in [6.45, 7) is 11.0. The van der Waals surface area contributed by atoms with Crippen LogP contribution in [0.15, 0.2) is 103 Å². The minimum Gasteiger partial charge on any atom is -0.490 e. The number of hydrogen-bond acceptors (Lipinski definition) is 12. The van der Waals surface area contributed by atoms with Crippen molar-refractivity contribution in [2.24, 2.45) is 22.9 Å². The Bertz CT molecular complexity index is 2140. The smallest absolute Gasteiger partial charge is 0.269 e. The summed E-state index contributed by atoms with van der Waals surface area (Å²) in [6.07, 6.45) is 10.9. The number of carbonyl (C=O) groups excluding carboxylic acids is 1. The van der Waals surface area contributed by atoms with Crippen molar-refractivity contribution in [3.63, 3.8) is 0 Å². The first-order chi connectivity index (χ1) is 30.3. The highest BCUT2D eigenvalue weighted by Gasteiger charge is 2.65. The van der Waals surface area contributed by atoms with E-state index in [0.29, 0.717) is 72.3 Å². The molecular weight excluding hydrogens is 795 g/mol. The lowest BCUT2D eigenvalue weighted by Crippen LogP contribution is -2.70. The molecule has 7 rings (SSSR count). The maximum absolute atomic E-state index is 15.1. The van der Waals surface area contributed by atoms with Crippen molar-refractivity contribution < 1.29 is 48.5 Å². The summed E-state index contributed by atoms with van der Waals surface area (Å²) in [5.74, 6) is -0.0273. The lowest BCUT2D eigenvalue weighted by atomic mass is 9.55. The number of benzene rings is 3. The van der Waals surface area contributed by atoms with Crippen LogP contribution < -0.4 is 18.9 Å². The molecule has 3 aromatic carbocycles. The van der Waals surface area contributed by atoms with E-state index >= 15 is 4.79 Å². The minimum absolute atomic E-state index is 0.0241. The number of aliphatic hydroxyl groups is 2. The molecule has 0 radical (unpaired) electrons. The average molecular weight is 852 g/mol. The number of aliphatic hydroxyl groups excluding tert-OH is 2. The molecule has 3 aromatic rings. The number of rotatable bonds is 22. The van der Waals surface area contributed by atoms with Crippen molar-refractivity contribution in [1.82, 2.24) is 4.90 Å². The quantitative estimate of drug-likeness (QED) is 0.0432. The van der Waals surface area contributed by atoms with Gasteiger partial charge in [0, 0.05) is 55.4 Å². The molecule has 4 aliphatic rings. The number of non-ortho nitro benzene ring substituents is 1. The fraction of sp³-hybridized carbons (Fsp3) is 0.458. The summed E-state index contributed by atoms with van der Waals surface area (Å²) >= 11 is 0. The second-order valence-corrected chi connectivity index (χ2v) is 16.1. The molecule has 62 heavy (non-hydrogen) atoms. The van der Waals surface area contributed by atoms with E-state index in [2.05, 4.69) is 19.2 Å². The highest BCUT2D eigenvalue weighted by Crippen LogP contribution is 2.62. The Morgan fingerprint density at radius 3 is 2.44 bits per heavy atom. The summed E-state index contributed by atoms with van der Waals surface area (Å²) < 4.78 is 31.8.